The maximum absolute atomic E-state index is 6.16. The molecular formula is C9H12ClOPS. The molecule has 1 aromatic carbocycles. The third-order valence-electron chi connectivity index (χ3n) is 1.41. The van der Waals surface area contributed by atoms with Gasteiger partial charge in [-0.15, -0.1) is 0 Å². The van der Waals surface area contributed by atoms with Crippen LogP contribution in [-0.4, -0.2) is 6.10 Å². The van der Waals surface area contributed by atoms with E-state index in [1.165, 1.54) is 0 Å². The molecule has 13 heavy (non-hydrogen) atoms. The van der Waals surface area contributed by atoms with Crippen molar-refractivity contribution < 1.29 is 4.52 Å². The van der Waals surface area contributed by atoms with Gasteiger partial charge in [-0.25, -0.2) is 0 Å². The molecule has 1 nitrogen and oxygen atoms in total. The van der Waals surface area contributed by atoms with Crippen molar-refractivity contribution in [1.29, 1.82) is 0 Å². The zero-order valence-electron chi connectivity index (χ0n) is 7.61. The van der Waals surface area contributed by atoms with E-state index in [2.05, 4.69) is 0 Å². The van der Waals surface area contributed by atoms with Gasteiger partial charge in [0.1, 0.15) is 0 Å². The summed E-state index contributed by atoms with van der Waals surface area (Å²) in [5, 5.41) is 0.917. The van der Waals surface area contributed by atoms with Crippen molar-refractivity contribution >= 4 is 34.0 Å². The van der Waals surface area contributed by atoms with E-state index in [-0.39, 0.29) is 6.10 Å². The molecule has 0 aliphatic carbocycles. The lowest BCUT2D eigenvalue weighted by molar-refractivity contribution is 0.278. The standard InChI is InChI=1S/C9H12ClOPS/c1-8(2)11-12(10,13)9-6-4-3-5-7-9/h3-8H,1-2H3. The smallest absolute Gasteiger partial charge is 0.180 e. The van der Waals surface area contributed by atoms with Gasteiger partial charge < -0.3 is 4.52 Å². The average Bonchev–Trinajstić information content (AvgIpc) is 2.04. The molecule has 0 bridgehead atoms. The van der Waals surface area contributed by atoms with Gasteiger partial charge in [-0.2, -0.15) is 0 Å². The van der Waals surface area contributed by atoms with Gasteiger partial charge in [0.25, 0.3) is 0 Å². The predicted molar refractivity (Wildman–Crippen MR) is 62.4 cm³/mol. The Labute approximate surface area is 88.9 Å². The summed E-state index contributed by atoms with van der Waals surface area (Å²) in [6, 6.07) is 9.60. The second-order valence-electron chi connectivity index (χ2n) is 2.97. The highest BCUT2D eigenvalue weighted by atomic mass is 35.7. The second-order valence-corrected chi connectivity index (χ2v) is 8.23. The third kappa shape index (κ3) is 3.40. The van der Waals surface area contributed by atoms with Gasteiger partial charge in [0.2, 0.25) is 0 Å². The zero-order chi connectivity index (χ0) is 9.90. The lowest BCUT2D eigenvalue weighted by Gasteiger charge is -2.17. The van der Waals surface area contributed by atoms with Crippen molar-refractivity contribution in [3.05, 3.63) is 30.3 Å². The molecule has 0 aromatic heterocycles. The van der Waals surface area contributed by atoms with Gasteiger partial charge in [0.05, 0.1) is 6.10 Å². The van der Waals surface area contributed by atoms with E-state index in [9.17, 15) is 0 Å². The maximum Gasteiger partial charge on any atom is 0.180 e. The quantitative estimate of drug-likeness (QED) is 0.743. The summed E-state index contributed by atoms with van der Waals surface area (Å²) in [5.41, 5.74) is -2.30. The van der Waals surface area contributed by atoms with Crippen LogP contribution in [0.1, 0.15) is 13.8 Å². The first-order chi connectivity index (χ1) is 6.02. The molecular weight excluding hydrogens is 223 g/mol. The first-order valence-electron chi connectivity index (χ1n) is 4.06. The van der Waals surface area contributed by atoms with Crippen LogP contribution in [0.15, 0.2) is 30.3 Å². The minimum absolute atomic E-state index is 0.0727. The van der Waals surface area contributed by atoms with Gasteiger partial charge in [-0.05, 0) is 25.7 Å². The van der Waals surface area contributed by atoms with Crippen LogP contribution in [-0.2, 0) is 16.3 Å². The monoisotopic (exact) mass is 234 g/mol. The Morgan fingerprint density at radius 3 is 2.31 bits per heavy atom. The third-order valence-corrected chi connectivity index (χ3v) is 4.73. The molecule has 0 aliphatic rings. The van der Waals surface area contributed by atoms with Crippen LogP contribution in [0.3, 0.4) is 0 Å². The highest BCUT2D eigenvalue weighted by Crippen LogP contribution is 2.52. The number of hydrogen-bond donors (Lipinski definition) is 0. The van der Waals surface area contributed by atoms with E-state index >= 15 is 0 Å². The average molecular weight is 235 g/mol. The Hall–Kier alpha value is 0.120. The molecule has 0 heterocycles. The Morgan fingerprint density at radius 1 is 1.31 bits per heavy atom. The minimum atomic E-state index is -2.30. The fraction of sp³-hybridized carbons (Fsp3) is 0.333. The maximum atomic E-state index is 6.16. The topological polar surface area (TPSA) is 9.23 Å². The van der Waals surface area contributed by atoms with E-state index < -0.39 is 5.62 Å². The highest BCUT2D eigenvalue weighted by molar-refractivity contribution is 8.28. The number of hydrogen-bond acceptors (Lipinski definition) is 2. The summed E-state index contributed by atoms with van der Waals surface area (Å²) in [6.07, 6.45) is 0.0727. The van der Waals surface area contributed by atoms with E-state index in [0.717, 1.165) is 5.30 Å². The molecule has 0 N–H and O–H groups in total. The molecule has 0 aliphatic heterocycles. The summed E-state index contributed by atoms with van der Waals surface area (Å²) in [6.45, 7) is 3.87. The second kappa shape index (κ2) is 4.56. The first-order valence-corrected chi connectivity index (χ1v) is 7.68. The Kier molecular flexibility index (Phi) is 3.93. The predicted octanol–water partition coefficient (Wildman–Crippen LogP) is 3.29. The van der Waals surface area contributed by atoms with Gasteiger partial charge in [0.15, 0.2) is 5.62 Å². The Balaban J connectivity index is 2.88. The molecule has 1 aromatic rings. The van der Waals surface area contributed by atoms with E-state index in [4.69, 9.17) is 27.6 Å². The lowest BCUT2D eigenvalue weighted by atomic mass is 10.4. The molecule has 0 spiro atoms. The number of benzene rings is 1. The molecule has 4 heteroatoms. The van der Waals surface area contributed by atoms with E-state index in [0.29, 0.717) is 0 Å². The van der Waals surface area contributed by atoms with Crippen LogP contribution >= 0.6 is 16.9 Å². The SMILES string of the molecule is CC(C)OP(=S)(Cl)c1ccccc1. The molecule has 0 radical (unpaired) electrons. The zero-order valence-corrected chi connectivity index (χ0v) is 10.1. The largest absolute Gasteiger partial charge is 0.332 e. The van der Waals surface area contributed by atoms with Gasteiger partial charge in [-0.1, -0.05) is 41.6 Å². The van der Waals surface area contributed by atoms with Crippen LogP contribution in [0.2, 0.25) is 0 Å². The van der Waals surface area contributed by atoms with Crippen LogP contribution in [0.4, 0.5) is 0 Å². The van der Waals surface area contributed by atoms with Gasteiger partial charge >= 0.3 is 0 Å². The van der Waals surface area contributed by atoms with Gasteiger partial charge in [-0.3, -0.25) is 0 Å². The molecule has 0 saturated heterocycles. The summed E-state index contributed by atoms with van der Waals surface area (Å²) in [4.78, 5) is 0. The summed E-state index contributed by atoms with van der Waals surface area (Å²) < 4.78 is 5.52. The molecule has 1 unspecified atom stereocenters. The Bertz CT molecular complexity index is 313. The fourth-order valence-corrected chi connectivity index (χ4v) is 3.83. The molecule has 0 amide bonds. The van der Waals surface area contributed by atoms with E-state index in [1.54, 1.807) is 0 Å². The van der Waals surface area contributed by atoms with Crippen molar-refractivity contribution in [2.45, 2.75) is 20.0 Å². The van der Waals surface area contributed by atoms with Crippen molar-refractivity contribution in [1.82, 2.24) is 0 Å². The molecule has 0 fully saturated rings. The van der Waals surface area contributed by atoms with Crippen molar-refractivity contribution in [3.63, 3.8) is 0 Å². The van der Waals surface area contributed by atoms with Crippen LogP contribution in [0.5, 0.6) is 0 Å². The normalized spacial score (nSPS) is 15.7. The van der Waals surface area contributed by atoms with Crippen molar-refractivity contribution in [3.8, 4) is 0 Å². The molecule has 1 atom stereocenters. The highest BCUT2D eigenvalue weighted by Gasteiger charge is 2.17. The van der Waals surface area contributed by atoms with Gasteiger partial charge in [0, 0.05) is 5.30 Å². The Morgan fingerprint density at radius 2 is 1.85 bits per heavy atom. The summed E-state index contributed by atoms with van der Waals surface area (Å²) in [5.74, 6) is 0. The number of halogens is 1. The van der Waals surface area contributed by atoms with Crippen LogP contribution < -0.4 is 5.30 Å². The first kappa shape index (κ1) is 11.2. The summed E-state index contributed by atoms with van der Waals surface area (Å²) >= 11 is 11.4. The summed E-state index contributed by atoms with van der Waals surface area (Å²) in [7, 11) is 0. The van der Waals surface area contributed by atoms with Crippen LogP contribution in [0.25, 0.3) is 0 Å². The number of rotatable bonds is 3. The lowest BCUT2D eigenvalue weighted by Crippen LogP contribution is -2.06. The fourth-order valence-electron chi connectivity index (χ4n) is 0.938. The molecule has 1 rings (SSSR count). The minimum Gasteiger partial charge on any atom is -0.332 e. The van der Waals surface area contributed by atoms with Crippen molar-refractivity contribution in [2.24, 2.45) is 0 Å². The molecule has 0 saturated carbocycles. The molecule has 72 valence electrons. The van der Waals surface area contributed by atoms with E-state index in [1.807, 2.05) is 44.2 Å². The van der Waals surface area contributed by atoms with Crippen LogP contribution in [0, 0.1) is 0 Å². The van der Waals surface area contributed by atoms with Crippen molar-refractivity contribution in [2.75, 3.05) is 0 Å².